The highest BCUT2D eigenvalue weighted by atomic mass is 16.5. The molecule has 20 heavy (non-hydrogen) atoms. The van der Waals surface area contributed by atoms with E-state index in [0.717, 1.165) is 28.6 Å². The zero-order chi connectivity index (χ0) is 14.9. The SMILES string of the molecule is CCC(C)(C)C(=O)c1c[nH]c2cccc(OC(C)C)c12. The molecule has 0 unspecified atom stereocenters. The molecule has 1 N–H and O–H groups in total. The fourth-order valence-electron chi connectivity index (χ4n) is 2.21. The fraction of sp³-hybridized carbons (Fsp3) is 0.471. The van der Waals surface area contributed by atoms with E-state index in [0.29, 0.717) is 0 Å². The number of aromatic amines is 1. The lowest BCUT2D eigenvalue weighted by Crippen LogP contribution is -2.23. The average molecular weight is 273 g/mol. The van der Waals surface area contributed by atoms with Crippen molar-refractivity contribution in [3.8, 4) is 5.75 Å². The van der Waals surface area contributed by atoms with Gasteiger partial charge in [0.1, 0.15) is 5.75 Å². The third kappa shape index (κ3) is 2.58. The summed E-state index contributed by atoms with van der Waals surface area (Å²) in [6.45, 7) is 9.99. The second-order valence-corrected chi connectivity index (χ2v) is 6.11. The average Bonchev–Trinajstić information content (AvgIpc) is 2.82. The number of ketones is 1. The Balaban J connectivity index is 2.58. The molecule has 1 aromatic carbocycles. The molecule has 2 rings (SSSR count). The van der Waals surface area contributed by atoms with Gasteiger partial charge in [-0.05, 0) is 32.4 Å². The van der Waals surface area contributed by atoms with E-state index in [9.17, 15) is 4.79 Å². The summed E-state index contributed by atoms with van der Waals surface area (Å²) in [6.07, 6.45) is 2.70. The quantitative estimate of drug-likeness (QED) is 0.810. The molecule has 0 saturated heterocycles. The lowest BCUT2D eigenvalue weighted by molar-refractivity contribution is 0.0834. The molecule has 0 aliphatic carbocycles. The van der Waals surface area contributed by atoms with Crippen LogP contribution in [0.25, 0.3) is 10.9 Å². The molecule has 1 heterocycles. The molecule has 108 valence electrons. The van der Waals surface area contributed by atoms with Crippen LogP contribution in [0.1, 0.15) is 51.4 Å². The summed E-state index contributed by atoms with van der Waals surface area (Å²) in [7, 11) is 0. The van der Waals surface area contributed by atoms with Crippen LogP contribution in [0.5, 0.6) is 5.75 Å². The third-order valence-corrected chi connectivity index (χ3v) is 3.77. The highest BCUT2D eigenvalue weighted by molar-refractivity contribution is 6.12. The van der Waals surface area contributed by atoms with Crippen molar-refractivity contribution in [2.75, 3.05) is 0 Å². The van der Waals surface area contributed by atoms with Crippen molar-refractivity contribution in [1.29, 1.82) is 0 Å². The minimum absolute atomic E-state index is 0.0811. The van der Waals surface area contributed by atoms with Gasteiger partial charge in [-0.25, -0.2) is 0 Å². The molecule has 0 radical (unpaired) electrons. The van der Waals surface area contributed by atoms with Gasteiger partial charge in [0, 0.05) is 22.7 Å². The molecule has 3 nitrogen and oxygen atoms in total. The number of ether oxygens (including phenoxy) is 1. The van der Waals surface area contributed by atoms with Crippen LogP contribution in [-0.2, 0) is 0 Å². The normalized spacial score (nSPS) is 12.1. The van der Waals surface area contributed by atoms with E-state index in [1.807, 2.05) is 52.8 Å². The minimum atomic E-state index is -0.361. The molecule has 0 aliphatic rings. The van der Waals surface area contributed by atoms with Crippen LogP contribution in [0.3, 0.4) is 0 Å². The van der Waals surface area contributed by atoms with E-state index >= 15 is 0 Å². The number of benzene rings is 1. The highest BCUT2D eigenvalue weighted by Gasteiger charge is 2.29. The van der Waals surface area contributed by atoms with Gasteiger partial charge in [0.05, 0.1) is 11.5 Å². The molecule has 1 aromatic heterocycles. The van der Waals surface area contributed by atoms with Crippen LogP contribution in [0, 0.1) is 5.41 Å². The molecule has 0 fully saturated rings. The van der Waals surface area contributed by atoms with E-state index in [4.69, 9.17) is 4.74 Å². The molecule has 0 bridgehead atoms. The Bertz CT molecular complexity index is 623. The number of hydrogen-bond donors (Lipinski definition) is 1. The van der Waals surface area contributed by atoms with Crippen molar-refractivity contribution < 1.29 is 9.53 Å². The molecule has 0 atom stereocenters. The minimum Gasteiger partial charge on any atom is -0.490 e. The Labute approximate surface area is 120 Å². The smallest absolute Gasteiger partial charge is 0.170 e. The van der Waals surface area contributed by atoms with Gasteiger partial charge in [0.25, 0.3) is 0 Å². The van der Waals surface area contributed by atoms with Crippen molar-refractivity contribution in [2.45, 2.75) is 47.1 Å². The molecular weight excluding hydrogens is 250 g/mol. The number of H-pyrrole nitrogens is 1. The first kappa shape index (κ1) is 14.6. The predicted octanol–water partition coefficient (Wildman–Crippen LogP) is 4.57. The molecule has 0 aliphatic heterocycles. The summed E-state index contributed by atoms with van der Waals surface area (Å²) >= 11 is 0. The van der Waals surface area contributed by atoms with E-state index in [1.165, 1.54) is 0 Å². The van der Waals surface area contributed by atoms with Gasteiger partial charge in [-0.2, -0.15) is 0 Å². The van der Waals surface area contributed by atoms with Gasteiger partial charge in [0.15, 0.2) is 5.78 Å². The van der Waals surface area contributed by atoms with Crippen LogP contribution in [-0.4, -0.2) is 16.9 Å². The van der Waals surface area contributed by atoms with Crippen molar-refractivity contribution in [3.05, 3.63) is 30.0 Å². The number of Topliss-reactive ketones (excluding diaryl/α,β-unsaturated/α-hetero) is 1. The molecule has 3 heteroatoms. The largest absolute Gasteiger partial charge is 0.490 e. The Morgan fingerprint density at radius 2 is 2.05 bits per heavy atom. The summed E-state index contributed by atoms with van der Waals surface area (Å²) in [5.41, 5.74) is 1.31. The summed E-state index contributed by atoms with van der Waals surface area (Å²) in [5, 5.41) is 0.896. The second kappa shape index (κ2) is 5.31. The maximum atomic E-state index is 12.7. The number of fused-ring (bicyclic) bond motifs is 1. The predicted molar refractivity (Wildman–Crippen MR) is 82.5 cm³/mol. The van der Waals surface area contributed by atoms with Crippen LogP contribution >= 0.6 is 0 Å². The molecule has 2 aromatic rings. The molecule has 0 saturated carbocycles. The molecular formula is C17H23NO2. The zero-order valence-electron chi connectivity index (χ0n) is 12.9. The lowest BCUT2D eigenvalue weighted by atomic mass is 9.82. The number of carbonyl (C=O) groups is 1. The van der Waals surface area contributed by atoms with E-state index in [1.54, 1.807) is 6.20 Å². The number of carbonyl (C=O) groups excluding carboxylic acids is 1. The Morgan fingerprint density at radius 1 is 1.35 bits per heavy atom. The summed E-state index contributed by atoms with van der Waals surface area (Å²) < 4.78 is 5.85. The topological polar surface area (TPSA) is 42.1 Å². The summed E-state index contributed by atoms with van der Waals surface area (Å²) in [5.74, 6) is 0.931. The van der Waals surface area contributed by atoms with Crippen molar-refractivity contribution in [2.24, 2.45) is 5.41 Å². The lowest BCUT2D eigenvalue weighted by Gasteiger charge is -2.21. The van der Waals surface area contributed by atoms with Crippen LogP contribution in [0.2, 0.25) is 0 Å². The first-order valence-electron chi connectivity index (χ1n) is 7.18. The summed E-state index contributed by atoms with van der Waals surface area (Å²) in [6, 6.07) is 5.83. The van der Waals surface area contributed by atoms with Gasteiger partial charge < -0.3 is 9.72 Å². The number of rotatable bonds is 5. The van der Waals surface area contributed by atoms with Gasteiger partial charge in [0.2, 0.25) is 0 Å². The van der Waals surface area contributed by atoms with Crippen LogP contribution in [0.15, 0.2) is 24.4 Å². The maximum Gasteiger partial charge on any atom is 0.170 e. The highest BCUT2D eigenvalue weighted by Crippen LogP contribution is 2.34. The van der Waals surface area contributed by atoms with Gasteiger partial charge in [-0.1, -0.05) is 26.8 Å². The number of nitrogens with one attached hydrogen (secondary N) is 1. The van der Waals surface area contributed by atoms with Gasteiger partial charge in [-0.15, -0.1) is 0 Å². The second-order valence-electron chi connectivity index (χ2n) is 6.11. The van der Waals surface area contributed by atoms with Crippen molar-refractivity contribution in [1.82, 2.24) is 4.98 Å². The monoisotopic (exact) mass is 273 g/mol. The standard InChI is InChI=1S/C17H23NO2/c1-6-17(4,5)16(19)12-10-18-13-8-7-9-14(15(12)13)20-11(2)3/h7-11,18H,6H2,1-5H3. The van der Waals surface area contributed by atoms with E-state index < -0.39 is 0 Å². The van der Waals surface area contributed by atoms with Crippen LogP contribution < -0.4 is 4.74 Å². The maximum absolute atomic E-state index is 12.7. The van der Waals surface area contributed by atoms with Gasteiger partial charge in [-0.3, -0.25) is 4.79 Å². The van der Waals surface area contributed by atoms with Crippen LogP contribution in [0.4, 0.5) is 0 Å². The third-order valence-electron chi connectivity index (χ3n) is 3.77. The first-order chi connectivity index (χ1) is 9.36. The first-order valence-corrected chi connectivity index (χ1v) is 7.18. The number of aromatic nitrogens is 1. The van der Waals surface area contributed by atoms with E-state index in [-0.39, 0.29) is 17.3 Å². The Morgan fingerprint density at radius 3 is 2.65 bits per heavy atom. The van der Waals surface area contributed by atoms with Gasteiger partial charge >= 0.3 is 0 Å². The van der Waals surface area contributed by atoms with Crippen molar-refractivity contribution in [3.63, 3.8) is 0 Å². The molecule has 0 amide bonds. The van der Waals surface area contributed by atoms with E-state index in [2.05, 4.69) is 4.98 Å². The Kier molecular flexibility index (Phi) is 3.89. The molecule has 0 spiro atoms. The number of hydrogen-bond acceptors (Lipinski definition) is 2. The zero-order valence-corrected chi connectivity index (χ0v) is 12.9. The summed E-state index contributed by atoms with van der Waals surface area (Å²) in [4.78, 5) is 15.9. The fourth-order valence-corrected chi connectivity index (χ4v) is 2.21. The Hall–Kier alpha value is -1.77. The van der Waals surface area contributed by atoms with Crippen molar-refractivity contribution >= 4 is 16.7 Å².